The molecule has 2 rings (SSSR count). The third kappa shape index (κ3) is 3.50. The molecule has 110 valence electrons. The van der Waals surface area contributed by atoms with Crippen molar-refractivity contribution in [1.29, 1.82) is 0 Å². The molecule has 0 bridgehead atoms. The minimum Gasteiger partial charge on any atom is -0.459 e. The summed E-state index contributed by atoms with van der Waals surface area (Å²) in [4.78, 5) is 12.1. The lowest BCUT2D eigenvalue weighted by atomic mass is 9.71. The number of nitrogens with two attached hydrogens (primary N) is 1. The van der Waals surface area contributed by atoms with E-state index in [0.29, 0.717) is 11.5 Å². The summed E-state index contributed by atoms with van der Waals surface area (Å²) in [6, 6.07) is 3.93. The van der Waals surface area contributed by atoms with Crippen LogP contribution < -0.4 is 5.73 Å². The highest BCUT2D eigenvalue weighted by molar-refractivity contribution is 5.90. The van der Waals surface area contributed by atoms with Gasteiger partial charge < -0.3 is 10.5 Å². The number of carbonyl (C=O) groups is 1. The maximum absolute atomic E-state index is 13.1. The molecule has 1 aromatic carbocycles. The van der Waals surface area contributed by atoms with Gasteiger partial charge in [0, 0.05) is 0 Å². The highest BCUT2D eigenvalue weighted by atomic mass is 19.1. The Hall–Kier alpha value is -1.58. The maximum atomic E-state index is 13.1. The van der Waals surface area contributed by atoms with Gasteiger partial charge in [0.15, 0.2) is 0 Å². The summed E-state index contributed by atoms with van der Waals surface area (Å²) in [7, 11) is 0. The number of hydrogen-bond acceptors (Lipinski definition) is 3. The van der Waals surface area contributed by atoms with E-state index < -0.39 is 11.8 Å². The van der Waals surface area contributed by atoms with E-state index >= 15 is 0 Å². The van der Waals surface area contributed by atoms with Crippen molar-refractivity contribution in [1.82, 2.24) is 0 Å². The van der Waals surface area contributed by atoms with Crippen LogP contribution in [0.5, 0.6) is 0 Å². The van der Waals surface area contributed by atoms with Crippen molar-refractivity contribution < 1.29 is 13.9 Å². The fraction of sp³-hybridized carbons (Fsp3) is 0.562. The molecule has 20 heavy (non-hydrogen) atoms. The van der Waals surface area contributed by atoms with Gasteiger partial charge in [0.05, 0.1) is 11.3 Å². The van der Waals surface area contributed by atoms with Crippen LogP contribution in [-0.4, -0.2) is 12.1 Å². The van der Waals surface area contributed by atoms with Gasteiger partial charge >= 0.3 is 5.97 Å². The first kappa shape index (κ1) is 14.8. The number of anilines is 1. The van der Waals surface area contributed by atoms with Gasteiger partial charge in [-0.3, -0.25) is 0 Å². The summed E-state index contributed by atoms with van der Waals surface area (Å²) in [6.45, 7) is 6.57. The largest absolute Gasteiger partial charge is 0.459 e. The Balaban J connectivity index is 2.05. The average Bonchev–Trinajstić information content (AvgIpc) is 2.29. The molecule has 1 aliphatic carbocycles. The first-order chi connectivity index (χ1) is 9.27. The van der Waals surface area contributed by atoms with Crippen LogP contribution in [0, 0.1) is 17.2 Å². The van der Waals surface area contributed by atoms with E-state index in [4.69, 9.17) is 10.5 Å². The van der Waals surface area contributed by atoms with Crippen LogP contribution in [0.3, 0.4) is 0 Å². The number of halogens is 1. The summed E-state index contributed by atoms with van der Waals surface area (Å²) < 4.78 is 18.7. The van der Waals surface area contributed by atoms with Crippen LogP contribution in [0.2, 0.25) is 0 Å². The first-order valence-corrected chi connectivity index (χ1v) is 7.03. The average molecular weight is 279 g/mol. The van der Waals surface area contributed by atoms with Gasteiger partial charge in [-0.1, -0.05) is 20.8 Å². The van der Waals surface area contributed by atoms with Gasteiger partial charge in [-0.2, -0.15) is 0 Å². The van der Waals surface area contributed by atoms with Gasteiger partial charge in [-0.05, 0) is 48.8 Å². The summed E-state index contributed by atoms with van der Waals surface area (Å²) in [5.74, 6) is -0.407. The molecule has 0 aliphatic heterocycles. The van der Waals surface area contributed by atoms with E-state index in [2.05, 4.69) is 20.8 Å². The first-order valence-electron chi connectivity index (χ1n) is 7.03. The molecule has 3 nitrogen and oxygen atoms in total. The monoisotopic (exact) mass is 279 g/mol. The lowest BCUT2D eigenvalue weighted by molar-refractivity contribution is -0.00714. The Labute approximate surface area is 119 Å². The van der Waals surface area contributed by atoms with Crippen LogP contribution in [0.25, 0.3) is 0 Å². The number of hydrogen-bond donors (Lipinski definition) is 1. The Kier molecular flexibility index (Phi) is 4.02. The Morgan fingerprint density at radius 3 is 2.70 bits per heavy atom. The van der Waals surface area contributed by atoms with Gasteiger partial charge in [0.25, 0.3) is 0 Å². The molecule has 1 fully saturated rings. The summed E-state index contributed by atoms with van der Waals surface area (Å²) in [5.41, 5.74) is 5.93. The van der Waals surface area contributed by atoms with Crippen molar-refractivity contribution in [3.63, 3.8) is 0 Å². The second kappa shape index (κ2) is 5.43. The summed E-state index contributed by atoms with van der Waals surface area (Å²) >= 11 is 0. The maximum Gasteiger partial charge on any atom is 0.338 e. The smallest absolute Gasteiger partial charge is 0.338 e. The zero-order chi connectivity index (χ0) is 14.9. The van der Waals surface area contributed by atoms with Crippen molar-refractivity contribution in [2.75, 3.05) is 5.73 Å². The topological polar surface area (TPSA) is 52.3 Å². The Morgan fingerprint density at radius 2 is 2.10 bits per heavy atom. The lowest BCUT2D eigenvalue weighted by Gasteiger charge is -2.38. The van der Waals surface area contributed by atoms with Crippen LogP contribution in [0.4, 0.5) is 10.1 Å². The molecular formula is C16H22FNO2. The van der Waals surface area contributed by atoms with Gasteiger partial charge in [-0.15, -0.1) is 0 Å². The molecule has 1 saturated carbocycles. The van der Waals surface area contributed by atoms with Gasteiger partial charge in [-0.25, -0.2) is 9.18 Å². The highest BCUT2D eigenvalue weighted by Crippen LogP contribution is 2.39. The number of nitrogen functional groups attached to an aromatic ring is 1. The highest BCUT2D eigenvalue weighted by Gasteiger charge is 2.34. The Morgan fingerprint density at radius 1 is 1.40 bits per heavy atom. The fourth-order valence-corrected chi connectivity index (χ4v) is 3.24. The van der Waals surface area contributed by atoms with E-state index in [9.17, 15) is 9.18 Å². The van der Waals surface area contributed by atoms with E-state index in [1.165, 1.54) is 18.2 Å². The third-order valence-corrected chi connectivity index (χ3v) is 3.85. The SMILES string of the molecule is CC1CC(OC(=O)c2ccc(F)c(N)c2)CC(C)(C)C1. The van der Waals surface area contributed by atoms with E-state index in [1.807, 2.05) is 0 Å². The van der Waals surface area contributed by atoms with Crippen LogP contribution in [0.1, 0.15) is 50.4 Å². The third-order valence-electron chi connectivity index (χ3n) is 3.85. The zero-order valence-electron chi connectivity index (χ0n) is 12.3. The molecule has 0 radical (unpaired) electrons. The van der Waals surface area contributed by atoms with Crippen LogP contribution in [-0.2, 0) is 4.74 Å². The predicted molar refractivity (Wildman–Crippen MR) is 76.8 cm³/mol. The minimum absolute atomic E-state index is 0.0307. The molecule has 0 saturated heterocycles. The fourth-order valence-electron chi connectivity index (χ4n) is 3.24. The van der Waals surface area contributed by atoms with Crippen molar-refractivity contribution in [2.24, 2.45) is 11.3 Å². The van der Waals surface area contributed by atoms with Crippen molar-refractivity contribution in [3.8, 4) is 0 Å². The van der Waals surface area contributed by atoms with Crippen molar-refractivity contribution in [3.05, 3.63) is 29.6 Å². The molecule has 0 spiro atoms. The zero-order valence-corrected chi connectivity index (χ0v) is 12.3. The molecule has 1 aliphatic rings. The predicted octanol–water partition coefficient (Wildman–Crippen LogP) is 3.78. The number of ether oxygens (including phenoxy) is 1. The van der Waals surface area contributed by atoms with E-state index in [-0.39, 0.29) is 17.2 Å². The van der Waals surface area contributed by atoms with E-state index in [0.717, 1.165) is 19.3 Å². The van der Waals surface area contributed by atoms with Gasteiger partial charge in [0.2, 0.25) is 0 Å². The molecule has 0 amide bonds. The van der Waals surface area contributed by atoms with Crippen molar-refractivity contribution >= 4 is 11.7 Å². The number of esters is 1. The molecule has 0 aromatic heterocycles. The van der Waals surface area contributed by atoms with Crippen molar-refractivity contribution in [2.45, 2.75) is 46.1 Å². The number of rotatable bonds is 2. The molecule has 4 heteroatoms. The second-order valence-electron chi connectivity index (χ2n) is 6.68. The lowest BCUT2D eigenvalue weighted by Crippen LogP contribution is -2.34. The molecule has 2 atom stereocenters. The number of benzene rings is 1. The van der Waals surface area contributed by atoms with Gasteiger partial charge in [0.1, 0.15) is 11.9 Å². The molecule has 2 N–H and O–H groups in total. The Bertz CT molecular complexity index is 513. The molecule has 2 unspecified atom stereocenters. The summed E-state index contributed by atoms with van der Waals surface area (Å²) in [5, 5.41) is 0. The minimum atomic E-state index is -0.519. The number of carbonyl (C=O) groups excluding carboxylic acids is 1. The molecular weight excluding hydrogens is 257 g/mol. The van der Waals surface area contributed by atoms with Crippen LogP contribution in [0.15, 0.2) is 18.2 Å². The quantitative estimate of drug-likeness (QED) is 0.662. The standard InChI is InChI=1S/C16H22FNO2/c1-10-6-12(9-16(2,3)8-10)20-15(19)11-4-5-13(17)14(18)7-11/h4-5,7,10,12H,6,8-9,18H2,1-3H3. The summed E-state index contributed by atoms with van der Waals surface area (Å²) in [6.07, 6.45) is 2.81. The second-order valence-corrected chi connectivity index (χ2v) is 6.68. The van der Waals surface area contributed by atoms with Crippen LogP contribution >= 0.6 is 0 Å². The molecule has 0 heterocycles. The molecule has 1 aromatic rings. The normalized spacial score (nSPS) is 25.2. The van der Waals surface area contributed by atoms with E-state index in [1.54, 1.807) is 0 Å².